The molecule has 27 heavy (non-hydrogen) atoms. The SMILES string of the molecule is C=CC(C(=O)O)c1ccccc1COCc1ccccc1C(C=C)C(=O)O. The Balaban J connectivity index is 2.17. The zero-order valence-corrected chi connectivity index (χ0v) is 14.9. The molecule has 140 valence electrons. The highest BCUT2D eigenvalue weighted by Crippen LogP contribution is 2.25. The molecule has 0 heterocycles. The van der Waals surface area contributed by atoms with Gasteiger partial charge in [0.1, 0.15) is 0 Å². The van der Waals surface area contributed by atoms with E-state index in [2.05, 4.69) is 13.2 Å². The van der Waals surface area contributed by atoms with Crippen molar-refractivity contribution in [2.75, 3.05) is 0 Å². The van der Waals surface area contributed by atoms with E-state index in [1.807, 2.05) is 24.3 Å². The molecular formula is C22H22O5. The largest absolute Gasteiger partial charge is 0.481 e. The van der Waals surface area contributed by atoms with Crippen molar-refractivity contribution in [2.45, 2.75) is 25.0 Å². The Morgan fingerprint density at radius 1 is 0.815 bits per heavy atom. The average molecular weight is 366 g/mol. The van der Waals surface area contributed by atoms with Gasteiger partial charge in [0, 0.05) is 0 Å². The van der Waals surface area contributed by atoms with Crippen molar-refractivity contribution < 1.29 is 24.5 Å². The Bertz CT molecular complexity index is 771. The van der Waals surface area contributed by atoms with Crippen LogP contribution in [0.2, 0.25) is 0 Å². The van der Waals surface area contributed by atoms with Gasteiger partial charge in [-0.1, -0.05) is 60.7 Å². The summed E-state index contributed by atoms with van der Waals surface area (Å²) in [5.41, 5.74) is 2.76. The number of benzene rings is 2. The quantitative estimate of drug-likeness (QED) is 0.618. The lowest BCUT2D eigenvalue weighted by atomic mass is 9.94. The Morgan fingerprint density at radius 2 is 1.19 bits per heavy atom. The van der Waals surface area contributed by atoms with Gasteiger partial charge in [-0.2, -0.15) is 0 Å². The summed E-state index contributed by atoms with van der Waals surface area (Å²) >= 11 is 0. The normalized spacial score (nSPS) is 12.7. The van der Waals surface area contributed by atoms with Crippen LogP contribution in [-0.4, -0.2) is 22.2 Å². The zero-order valence-electron chi connectivity index (χ0n) is 14.9. The molecule has 0 fully saturated rings. The van der Waals surface area contributed by atoms with E-state index in [1.54, 1.807) is 24.3 Å². The molecule has 0 amide bonds. The third kappa shape index (κ3) is 4.92. The number of aliphatic carboxylic acids is 2. The van der Waals surface area contributed by atoms with Gasteiger partial charge >= 0.3 is 11.9 Å². The minimum Gasteiger partial charge on any atom is -0.481 e. The van der Waals surface area contributed by atoms with Gasteiger partial charge in [0.05, 0.1) is 25.0 Å². The molecule has 0 saturated heterocycles. The van der Waals surface area contributed by atoms with Gasteiger partial charge in [-0.05, 0) is 22.3 Å². The minimum absolute atomic E-state index is 0.202. The summed E-state index contributed by atoms with van der Waals surface area (Å²) < 4.78 is 5.78. The lowest BCUT2D eigenvalue weighted by Gasteiger charge is -2.16. The fraction of sp³-hybridized carbons (Fsp3) is 0.182. The van der Waals surface area contributed by atoms with Crippen molar-refractivity contribution in [1.29, 1.82) is 0 Å². The second-order valence-electron chi connectivity index (χ2n) is 5.99. The van der Waals surface area contributed by atoms with Gasteiger partial charge in [-0.3, -0.25) is 9.59 Å². The molecule has 0 saturated carbocycles. The van der Waals surface area contributed by atoms with Crippen LogP contribution in [-0.2, 0) is 27.5 Å². The Kier molecular flexibility index (Phi) is 7.08. The summed E-state index contributed by atoms with van der Waals surface area (Å²) in [5.74, 6) is -3.57. The van der Waals surface area contributed by atoms with Gasteiger partial charge in [0.15, 0.2) is 0 Å². The summed E-state index contributed by atoms with van der Waals surface area (Å²) in [4.78, 5) is 22.8. The molecule has 5 nitrogen and oxygen atoms in total. The van der Waals surface area contributed by atoms with Crippen LogP contribution < -0.4 is 0 Å². The van der Waals surface area contributed by atoms with Gasteiger partial charge in [-0.25, -0.2) is 0 Å². The van der Waals surface area contributed by atoms with E-state index in [9.17, 15) is 19.8 Å². The zero-order chi connectivity index (χ0) is 19.8. The maximum Gasteiger partial charge on any atom is 0.314 e. The lowest BCUT2D eigenvalue weighted by molar-refractivity contribution is -0.138. The van der Waals surface area contributed by atoms with Crippen LogP contribution >= 0.6 is 0 Å². The van der Waals surface area contributed by atoms with Gasteiger partial charge < -0.3 is 14.9 Å². The third-order valence-corrected chi connectivity index (χ3v) is 4.30. The molecule has 2 aromatic carbocycles. The fourth-order valence-corrected chi connectivity index (χ4v) is 2.93. The van der Waals surface area contributed by atoms with Crippen LogP contribution in [0.1, 0.15) is 34.1 Å². The first kappa shape index (κ1) is 20.1. The first-order valence-corrected chi connectivity index (χ1v) is 8.43. The van der Waals surface area contributed by atoms with Crippen molar-refractivity contribution in [3.8, 4) is 0 Å². The topological polar surface area (TPSA) is 83.8 Å². The van der Waals surface area contributed by atoms with Crippen molar-refractivity contribution >= 4 is 11.9 Å². The predicted octanol–water partition coefficient (Wildman–Crippen LogP) is 4.11. The molecule has 0 radical (unpaired) electrons. The van der Waals surface area contributed by atoms with E-state index in [0.717, 1.165) is 11.1 Å². The number of hydrogen-bond donors (Lipinski definition) is 2. The maximum atomic E-state index is 11.4. The van der Waals surface area contributed by atoms with E-state index in [-0.39, 0.29) is 13.2 Å². The number of hydrogen-bond acceptors (Lipinski definition) is 3. The van der Waals surface area contributed by atoms with E-state index < -0.39 is 23.8 Å². The molecule has 2 aromatic rings. The summed E-state index contributed by atoms with van der Waals surface area (Å²) in [5, 5.41) is 18.7. The smallest absolute Gasteiger partial charge is 0.314 e. The molecule has 0 aromatic heterocycles. The van der Waals surface area contributed by atoms with Crippen molar-refractivity contribution in [2.24, 2.45) is 0 Å². The second kappa shape index (κ2) is 9.50. The fourth-order valence-electron chi connectivity index (χ4n) is 2.93. The highest BCUT2D eigenvalue weighted by molar-refractivity contribution is 5.79. The summed E-state index contributed by atoms with van der Waals surface area (Å²) in [7, 11) is 0. The highest BCUT2D eigenvalue weighted by atomic mass is 16.5. The predicted molar refractivity (Wildman–Crippen MR) is 103 cm³/mol. The van der Waals surface area contributed by atoms with Gasteiger partial charge in [0.2, 0.25) is 0 Å². The van der Waals surface area contributed by atoms with E-state index in [4.69, 9.17) is 4.74 Å². The van der Waals surface area contributed by atoms with Crippen LogP contribution in [0.15, 0.2) is 73.8 Å². The number of carboxylic acids is 2. The number of rotatable bonds is 10. The molecule has 0 aliphatic carbocycles. The molecule has 0 bridgehead atoms. The van der Waals surface area contributed by atoms with Gasteiger partial charge in [0.25, 0.3) is 0 Å². The lowest BCUT2D eigenvalue weighted by Crippen LogP contribution is -2.13. The molecule has 5 heteroatoms. The summed E-state index contributed by atoms with van der Waals surface area (Å²) in [6, 6.07) is 14.3. The Hall–Kier alpha value is -3.18. The van der Waals surface area contributed by atoms with Crippen LogP contribution in [0.25, 0.3) is 0 Å². The third-order valence-electron chi connectivity index (χ3n) is 4.30. The molecule has 2 atom stereocenters. The van der Waals surface area contributed by atoms with Crippen molar-refractivity contribution in [3.63, 3.8) is 0 Å². The highest BCUT2D eigenvalue weighted by Gasteiger charge is 2.20. The first-order valence-electron chi connectivity index (χ1n) is 8.43. The minimum atomic E-state index is -0.974. The average Bonchev–Trinajstić information content (AvgIpc) is 2.65. The Labute approximate surface area is 158 Å². The summed E-state index contributed by atoms with van der Waals surface area (Å²) in [6.07, 6.45) is 2.77. The summed E-state index contributed by atoms with van der Waals surface area (Å²) in [6.45, 7) is 7.60. The Morgan fingerprint density at radius 3 is 1.52 bits per heavy atom. The number of ether oxygens (including phenoxy) is 1. The number of carboxylic acid groups (broad SMARTS) is 2. The number of carbonyl (C=O) groups is 2. The first-order chi connectivity index (χ1) is 13.0. The van der Waals surface area contributed by atoms with E-state index in [1.165, 1.54) is 12.2 Å². The molecule has 2 unspecified atom stereocenters. The van der Waals surface area contributed by atoms with Crippen LogP contribution in [0.5, 0.6) is 0 Å². The molecule has 0 aliphatic heterocycles. The molecule has 2 rings (SSSR count). The van der Waals surface area contributed by atoms with Crippen molar-refractivity contribution in [1.82, 2.24) is 0 Å². The van der Waals surface area contributed by atoms with Crippen molar-refractivity contribution in [3.05, 3.63) is 96.1 Å². The van der Waals surface area contributed by atoms with Crippen LogP contribution in [0.3, 0.4) is 0 Å². The monoisotopic (exact) mass is 366 g/mol. The standard InChI is InChI=1S/C22H22O5/c1-3-17(21(23)24)19-11-7-5-9-15(19)13-27-14-16-10-6-8-12-20(16)18(4-2)22(25)26/h3-12,17-18H,1-2,13-14H2,(H,23,24)(H,25,26). The molecule has 0 aliphatic rings. The van der Waals surface area contributed by atoms with E-state index >= 15 is 0 Å². The van der Waals surface area contributed by atoms with Gasteiger partial charge in [-0.15, -0.1) is 13.2 Å². The molecule has 0 spiro atoms. The van der Waals surface area contributed by atoms with E-state index in [0.29, 0.717) is 11.1 Å². The maximum absolute atomic E-state index is 11.4. The second-order valence-corrected chi connectivity index (χ2v) is 5.99. The van der Waals surface area contributed by atoms with Crippen LogP contribution in [0, 0.1) is 0 Å². The van der Waals surface area contributed by atoms with Crippen LogP contribution in [0.4, 0.5) is 0 Å². The molecule has 2 N–H and O–H groups in total. The molecular weight excluding hydrogens is 344 g/mol.